The van der Waals surface area contributed by atoms with Gasteiger partial charge in [0.25, 0.3) is 5.56 Å². The topological polar surface area (TPSA) is 86.0 Å². The van der Waals surface area contributed by atoms with Gasteiger partial charge in [0, 0.05) is 30.2 Å². The standard InChI is InChI=1S/C28H29F3N6O2/c1-16-17(2)33-25-22(32-16)23(26-13-27(14-26,15-26)28(29,30)31)34-24(35-25)18-7-10-39-20(11-18)19-5-6-21(38)37(12-19)36-8-3-4-9-36/h3-6,12,18,20H,7-11,13-15H2,1-2H3/t18-,20+,26?,27?/m0/s1. The van der Waals surface area contributed by atoms with Crippen molar-refractivity contribution in [1.82, 2.24) is 24.6 Å². The number of rotatable bonds is 4. The van der Waals surface area contributed by atoms with Gasteiger partial charge >= 0.3 is 6.18 Å². The second-order valence-corrected chi connectivity index (χ2v) is 11.7. The normalized spacial score (nSPS) is 29.9. The van der Waals surface area contributed by atoms with Crippen molar-refractivity contribution in [2.45, 2.75) is 69.6 Å². The highest BCUT2D eigenvalue weighted by atomic mass is 19.4. The molecule has 2 atom stereocenters. The number of hydrogen-bond donors (Lipinski definition) is 0. The second kappa shape index (κ2) is 8.33. The Morgan fingerprint density at radius 3 is 2.44 bits per heavy atom. The first kappa shape index (κ1) is 24.7. The van der Waals surface area contributed by atoms with Crippen molar-refractivity contribution in [2.24, 2.45) is 5.41 Å². The lowest BCUT2D eigenvalue weighted by atomic mass is 9.34. The predicted molar refractivity (Wildman–Crippen MR) is 137 cm³/mol. The van der Waals surface area contributed by atoms with Crippen molar-refractivity contribution in [3.63, 3.8) is 0 Å². The molecule has 2 bridgehead atoms. The van der Waals surface area contributed by atoms with E-state index in [1.807, 2.05) is 37.2 Å². The number of fused-ring (bicyclic) bond motifs is 1. The Balaban J connectivity index is 1.23. The quantitative estimate of drug-likeness (QED) is 0.457. The molecule has 3 aromatic rings. The van der Waals surface area contributed by atoms with Crippen molar-refractivity contribution in [3.8, 4) is 0 Å². The summed E-state index contributed by atoms with van der Waals surface area (Å²) >= 11 is 0. The Kier molecular flexibility index (Phi) is 5.27. The molecule has 0 aromatic carbocycles. The van der Waals surface area contributed by atoms with Crippen LogP contribution in [0.2, 0.25) is 0 Å². The van der Waals surface area contributed by atoms with Crippen LogP contribution in [0.4, 0.5) is 13.2 Å². The van der Waals surface area contributed by atoms with E-state index in [0.717, 1.165) is 17.0 Å². The van der Waals surface area contributed by atoms with Crippen molar-refractivity contribution >= 4 is 11.2 Å². The van der Waals surface area contributed by atoms with Gasteiger partial charge in [-0.2, -0.15) is 13.2 Å². The fraction of sp³-hybridized carbons (Fsp3) is 0.536. The van der Waals surface area contributed by atoms with Crippen molar-refractivity contribution in [3.05, 3.63) is 69.3 Å². The summed E-state index contributed by atoms with van der Waals surface area (Å²) in [6, 6.07) is 3.36. The van der Waals surface area contributed by atoms with E-state index in [0.29, 0.717) is 55.2 Å². The Hall–Kier alpha value is -3.34. The lowest BCUT2D eigenvalue weighted by Crippen LogP contribution is -2.70. The van der Waals surface area contributed by atoms with Gasteiger partial charge < -0.3 is 9.75 Å². The third-order valence-electron chi connectivity index (χ3n) is 9.13. The molecule has 2 aliphatic heterocycles. The van der Waals surface area contributed by atoms with Crippen LogP contribution in [0.25, 0.3) is 11.2 Å². The zero-order valence-corrected chi connectivity index (χ0v) is 21.8. The first-order valence-electron chi connectivity index (χ1n) is 13.4. The van der Waals surface area contributed by atoms with E-state index >= 15 is 0 Å². The summed E-state index contributed by atoms with van der Waals surface area (Å²) in [5.74, 6) is 0.527. The van der Waals surface area contributed by atoms with Crippen LogP contribution >= 0.6 is 0 Å². The molecular weight excluding hydrogens is 509 g/mol. The molecule has 8 nitrogen and oxygen atoms in total. The molecule has 1 saturated heterocycles. The van der Waals surface area contributed by atoms with Crippen LogP contribution in [0.1, 0.15) is 72.6 Å². The second-order valence-electron chi connectivity index (χ2n) is 11.7. The van der Waals surface area contributed by atoms with Crippen LogP contribution in [0, 0.1) is 19.3 Å². The van der Waals surface area contributed by atoms with E-state index in [1.165, 1.54) is 0 Å². The summed E-state index contributed by atoms with van der Waals surface area (Å²) in [6.45, 7) is 5.53. The largest absolute Gasteiger partial charge is 0.394 e. The first-order valence-corrected chi connectivity index (χ1v) is 13.4. The van der Waals surface area contributed by atoms with Gasteiger partial charge in [-0.05, 0) is 57.6 Å². The number of hydrogen-bond acceptors (Lipinski definition) is 7. The molecule has 3 aliphatic carbocycles. The molecule has 39 heavy (non-hydrogen) atoms. The Bertz CT molecular complexity index is 1550. The van der Waals surface area contributed by atoms with Crippen LogP contribution in [-0.2, 0) is 10.2 Å². The summed E-state index contributed by atoms with van der Waals surface area (Å²) in [5, 5.41) is 1.95. The van der Waals surface area contributed by atoms with E-state index in [1.54, 1.807) is 16.8 Å². The smallest absolute Gasteiger partial charge is 0.373 e. The van der Waals surface area contributed by atoms with Gasteiger partial charge in [0.1, 0.15) is 11.3 Å². The highest BCUT2D eigenvalue weighted by molar-refractivity contribution is 5.75. The number of ether oxygens (including phenoxy) is 1. The fourth-order valence-electron chi connectivity index (χ4n) is 6.83. The molecule has 5 aliphatic rings. The first-order chi connectivity index (χ1) is 18.6. The average Bonchev–Trinajstić information content (AvgIpc) is 3.37. The molecule has 4 fully saturated rings. The molecule has 0 N–H and O–H groups in total. The summed E-state index contributed by atoms with van der Waals surface area (Å²) in [4.78, 5) is 31.6. The third-order valence-corrected chi connectivity index (χ3v) is 9.13. The van der Waals surface area contributed by atoms with E-state index in [-0.39, 0.29) is 36.8 Å². The van der Waals surface area contributed by atoms with Crippen molar-refractivity contribution in [2.75, 3.05) is 24.7 Å². The molecule has 11 heteroatoms. The van der Waals surface area contributed by atoms with Gasteiger partial charge in [-0.15, -0.1) is 0 Å². The van der Waals surface area contributed by atoms with E-state index in [2.05, 4.69) is 4.98 Å². The number of alkyl halides is 3. The predicted octanol–water partition coefficient (Wildman–Crippen LogP) is 4.33. The minimum absolute atomic E-state index is 0.0486. The molecule has 0 unspecified atom stereocenters. The minimum atomic E-state index is -4.20. The Morgan fingerprint density at radius 2 is 1.72 bits per heavy atom. The number of aryl methyl sites for hydroxylation is 2. The van der Waals surface area contributed by atoms with Crippen molar-refractivity contribution in [1.29, 1.82) is 0 Å². The Morgan fingerprint density at radius 1 is 1.00 bits per heavy atom. The van der Waals surface area contributed by atoms with Gasteiger partial charge in [-0.1, -0.05) is 12.2 Å². The molecule has 5 heterocycles. The molecule has 8 rings (SSSR count). The molecule has 0 amide bonds. The maximum atomic E-state index is 13.7. The van der Waals surface area contributed by atoms with Gasteiger partial charge in [0.2, 0.25) is 0 Å². The SMILES string of the molecule is Cc1nc2nc([C@H]3CCO[C@@H](c4ccc(=O)n(N5CC=CC5)c4)C3)nc(C34CC(C(F)(F)F)(C3)C4)c2nc1C. The van der Waals surface area contributed by atoms with Crippen LogP contribution in [0.5, 0.6) is 0 Å². The highest BCUT2D eigenvalue weighted by Crippen LogP contribution is 2.78. The van der Waals surface area contributed by atoms with Crippen LogP contribution in [0.3, 0.4) is 0 Å². The third kappa shape index (κ3) is 3.72. The minimum Gasteiger partial charge on any atom is -0.373 e. The maximum Gasteiger partial charge on any atom is 0.394 e. The highest BCUT2D eigenvalue weighted by Gasteiger charge is 2.79. The van der Waals surface area contributed by atoms with E-state index in [9.17, 15) is 18.0 Å². The molecule has 0 radical (unpaired) electrons. The molecular formula is C28H29F3N6O2. The van der Waals surface area contributed by atoms with Gasteiger partial charge in [-0.25, -0.2) is 24.6 Å². The summed E-state index contributed by atoms with van der Waals surface area (Å²) in [7, 11) is 0. The Labute approximate surface area is 222 Å². The van der Waals surface area contributed by atoms with E-state index in [4.69, 9.17) is 19.7 Å². The molecule has 0 spiro atoms. The zero-order valence-electron chi connectivity index (χ0n) is 21.8. The molecule has 204 valence electrons. The molecule has 3 aromatic heterocycles. The molecule has 3 saturated carbocycles. The zero-order chi connectivity index (χ0) is 27.2. The fourth-order valence-corrected chi connectivity index (χ4v) is 6.83. The maximum absolute atomic E-state index is 13.7. The van der Waals surface area contributed by atoms with Crippen LogP contribution in [-0.4, -0.2) is 50.5 Å². The van der Waals surface area contributed by atoms with Gasteiger partial charge in [0.05, 0.1) is 41.7 Å². The monoisotopic (exact) mass is 538 g/mol. The van der Waals surface area contributed by atoms with Crippen molar-refractivity contribution < 1.29 is 17.9 Å². The lowest BCUT2D eigenvalue weighted by molar-refractivity contribution is -0.337. The summed E-state index contributed by atoms with van der Waals surface area (Å²) < 4.78 is 48.7. The number of aromatic nitrogens is 5. The van der Waals surface area contributed by atoms with Crippen LogP contribution < -0.4 is 10.6 Å². The number of nitrogens with zero attached hydrogens (tertiary/aromatic N) is 6. The van der Waals surface area contributed by atoms with Crippen LogP contribution in [0.15, 0.2) is 35.3 Å². The lowest BCUT2D eigenvalue weighted by Gasteiger charge is -2.70. The van der Waals surface area contributed by atoms with Gasteiger partial charge in [-0.3, -0.25) is 4.79 Å². The summed E-state index contributed by atoms with van der Waals surface area (Å²) in [6.07, 6.45) is 2.86. The van der Waals surface area contributed by atoms with E-state index < -0.39 is 17.0 Å². The summed E-state index contributed by atoms with van der Waals surface area (Å²) in [5.41, 5.74) is 1.64. The van der Waals surface area contributed by atoms with Gasteiger partial charge in [0.15, 0.2) is 5.65 Å². The average molecular weight is 539 g/mol. The number of halogens is 3. The number of pyridine rings is 1.